The number of benzene rings is 1. The van der Waals surface area contributed by atoms with Gasteiger partial charge in [-0.3, -0.25) is 9.59 Å². The first-order valence-corrected chi connectivity index (χ1v) is 7.81. The summed E-state index contributed by atoms with van der Waals surface area (Å²) < 4.78 is 0.865. The number of amides is 2. The maximum atomic E-state index is 12.6. The third-order valence-corrected chi connectivity index (χ3v) is 3.92. The molecule has 0 aromatic heterocycles. The highest BCUT2D eigenvalue weighted by molar-refractivity contribution is 9.10. The number of fused-ring (bicyclic) bond motifs is 1. The largest absolute Gasteiger partial charge is 0.370 e. The average Bonchev–Trinajstić information content (AvgIpc) is 2.62. The van der Waals surface area contributed by atoms with Crippen LogP contribution in [-0.2, 0) is 4.79 Å². The van der Waals surface area contributed by atoms with Crippen LogP contribution in [0, 0.1) is 5.92 Å². The number of hydrogen-bond acceptors (Lipinski definition) is 2. The summed E-state index contributed by atoms with van der Waals surface area (Å²) in [6.45, 7) is 4.63. The number of guanidine groups is 1. The van der Waals surface area contributed by atoms with Gasteiger partial charge in [0.2, 0.25) is 0 Å². The quantitative estimate of drug-likeness (QED) is 0.626. The van der Waals surface area contributed by atoms with Crippen LogP contribution in [0.25, 0.3) is 0 Å². The molecule has 118 valence electrons. The molecule has 7 heteroatoms. The van der Waals surface area contributed by atoms with Crippen LogP contribution >= 0.6 is 15.9 Å². The van der Waals surface area contributed by atoms with E-state index in [1.54, 1.807) is 11.0 Å². The van der Waals surface area contributed by atoms with Gasteiger partial charge in [-0.1, -0.05) is 29.8 Å². The lowest BCUT2D eigenvalue weighted by Gasteiger charge is -2.26. The van der Waals surface area contributed by atoms with E-state index in [2.05, 4.69) is 20.9 Å². The molecule has 6 nitrogen and oxygen atoms in total. The Labute approximate surface area is 137 Å². The van der Waals surface area contributed by atoms with E-state index in [4.69, 9.17) is 11.5 Å². The standard InChI is InChI=1S/C15H19BrN4O2/c1-8(2)7-20-12(6-13(21)19-15(17)18)11-5-9(16)3-4-10(11)14(20)22/h3-5,8,12H,6-7H2,1-2H3,(H4,17,18,19,21). The lowest BCUT2D eigenvalue weighted by molar-refractivity contribution is -0.118. The minimum atomic E-state index is -0.431. The first kappa shape index (κ1) is 16.5. The molecular formula is C15H19BrN4O2. The summed E-state index contributed by atoms with van der Waals surface area (Å²) in [5.74, 6) is -0.459. The average molecular weight is 367 g/mol. The fourth-order valence-corrected chi connectivity index (χ4v) is 3.03. The van der Waals surface area contributed by atoms with Gasteiger partial charge in [0.15, 0.2) is 5.96 Å². The zero-order valence-corrected chi connectivity index (χ0v) is 14.1. The van der Waals surface area contributed by atoms with Gasteiger partial charge in [-0.05, 0) is 29.7 Å². The molecule has 4 N–H and O–H groups in total. The topological polar surface area (TPSA) is 102 Å². The summed E-state index contributed by atoms with van der Waals surface area (Å²) in [5, 5.41) is 0. The van der Waals surface area contributed by atoms with Crippen LogP contribution < -0.4 is 11.5 Å². The molecule has 2 rings (SSSR count). The van der Waals surface area contributed by atoms with Gasteiger partial charge in [0.05, 0.1) is 12.5 Å². The van der Waals surface area contributed by atoms with Crippen molar-refractivity contribution in [1.82, 2.24) is 4.90 Å². The monoisotopic (exact) mass is 366 g/mol. The molecule has 0 aliphatic carbocycles. The predicted octanol–water partition coefficient (Wildman–Crippen LogP) is 1.79. The van der Waals surface area contributed by atoms with Crippen molar-refractivity contribution in [1.29, 1.82) is 0 Å². The molecule has 2 amide bonds. The Kier molecular flexibility index (Phi) is 4.85. The van der Waals surface area contributed by atoms with Crippen LogP contribution in [0.1, 0.15) is 42.2 Å². The smallest absolute Gasteiger partial charge is 0.254 e. The van der Waals surface area contributed by atoms with Gasteiger partial charge in [-0.2, -0.15) is 4.99 Å². The maximum Gasteiger partial charge on any atom is 0.254 e. The Morgan fingerprint density at radius 1 is 1.41 bits per heavy atom. The number of carbonyl (C=O) groups excluding carboxylic acids is 2. The molecule has 0 fully saturated rings. The normalized spacial score (nSPS) is 16.8. The summed E-state index contributed by atoms with van der Waals surface area (Å²) in [6, 6.07) is 5.14. The van der Waals surface area contributed by atoms with Crippen molar-refractivity contribution in [2.45, 2.75) is 26.3 Å². The highest BCUT2D eigenvalue weighted by Gasteiger charge is 2.38. The highest BCUT2D eigenvalue weighted by Crippen LogP contribution is 2.38. The number of aliphatic imine (C=N–C) groups is 1. The van der Waals surface area contributed by atoms with Crippen molar-refractivity contribution in [2.24, 2.45) is 22.4 Å². The number of nitrogens with zero attached hydrogens (tertiary/aromatic N) is 2. The third-order valence-electron chi connectivity index (χ3n) is 3.42. The summed E-state index contributed by atoms with van der Waals surface area (Å²) in [4.78, 5) is 29.8. The summed E-state index contributed by atoms with van der Waals surface area (Å²) in [5.41, 5.74) is 12.0. The molecule has 1 heterocycles. The minimum absolute atomic E-state index is 0.0568. The van der Waals surface area contributed by atoms with Gasteiger partial charge in [-0.25, -0.2) is 0 Å². The summed E-state index contributed by atoms with van der Waals surface area (Å²) in [7, 11) is 0. The van der Waals surface area contributed by atoms with Gasteiger partial charge < -0.3 is 16.4 Å². The van der Waals surface area contributed by atoms with Gasteiger partial charge in [0, 0.05) is 16.6 Å². The number of halogens is 1. The molecule has 1 aromatic carbocycles. The third kappa shape index (κ3) is 3.47. The molecular weight excluding hydrogens is 348 g/mol. The summed E-state index contributed by atoms with van der Waals surface area (Å²) >= 11 is 3.41. The van der Waals surface area contributed by atoms with Gasteiger partial charge in [-0.15, -0.1) is 0 Å². The summed E-state index contributed by atoms with van der Waals surface area (Å²) in [6.07, 6.45) is 0.0693. The predicted molar refractivity (Wildman–Crippen MR) is 88.2 cm³/mol. The molecule has 1 aliphatic rings. The molecule has 1 unspecified atom stereocenters. The molecule has 0 spiro atoms. The van der Waals surface area contributed by atoms with E-state index >= 15 is 0 Å². The Bertz CT molecular complexity index is 638. The van der Waals surface area contributed by atoms with Crippen molar-refractivity contribution in [3.63, 3.8) is 0 Å². The van der Waals surface area contributed by atoms with E-state index < -0.39 is 5.91 Å². The second-order valence-electron chi connectivity index (χ2n) is 5.73. The zero-order chi connectivity index (χ0) is 16.4. The van der Waals surface area contributed by atoms with E-state index in [1.807, 2.05) is 26.0 Å². The first-order chi connectivity index (χ1) is 10.3. The second kappa shape index (κ2) is 6.48. The number of carbonyl (C=O) groups is 2. The van der Waals surface area contributed by atoms with E-state index in [9.17, 15) is 9.59 Å². The minimum Gasteiger partial charge on any atom is -0.370 e. The Morgan fingerprint density at radius 3 is 2.68 bits per heavy atom. The van der Waals surface area contributed by atoms with E-state index in [-0.39, 0.29) is 24.3 Å². The molecule has 22 heavy (non-hydrogen) atoms. The van der Waals surface area contributed by atoms with Crippen molar-refractivity contribution in [3.05, 3.63) is 33.8 Å². The van der Waals surface area contributed by atoms with E-state index in [0.717, 1.165) is 10.0 Å². The van der Waals surface area contributed by atoms with E-state index in [0.29, 0.717) is 18.0 Å². The highest BCUT2D eigenvalue weighted by atomic mass is 79.9. The Morgan fingerprint density at radius 2 is 2.09 bits per heavy atom. The fraction of sp³-hybridized carbons (Fsp3) is 0.400. The van der Waals surface area contributed by atoms with Crippen molar-refractivity contribution in [2.75, 3.05) is 6.54 Å². The number of nitrogens with two attached hydrogens (primary N) is 2. The molecule has 1 aromatic rings. The second-order valence-corrected chi connectivity index (χ2v) is 6.65. The Hall–Kier alpha value is -1.89. The van der Waals surface area contributed by atoms with Gasteiger partial charge in [0.25, 0.3) is 11.8 Å². The Balaban J connectivity index is 2.37. The van der Waals surface area contributed by atoms with E-state index in [1.165, 1.54) is 0 Å². The van der Waals surface area contributed by atoms with Crippen molar-refractivity contribution >= 4 is 33.7 Å². The van der Waals surface area contributed by atoms with Crippen molar-refractivity contribution < 1.29 is 9.59 Å². The first-order valence-electron chi connectivity index (χ1n) is 7.02. The molecule has 1 aliphatic heterocycles. The number of hydrogen-bond donors (Lipinski definition) is 2. The molecule has 0 saturated heterocycles. The molecule has 0 bridgehead atoms. The molecule has 0 radical (unpaired) electrons. The lowest BCUT2D eigenvalue weighted by atomic mass is 10.0. The number of rotatable bonds is 4. The fourth-order valence-electron chi connectivity index (χ4n) is 2.65. The lowest BCUT2D eigenvalue weighted by Crippen LogP contribution is -2.33. The van der Waals surface area contributed by atoms with Gasteiger partial charge in [0.1, 0.15) is 0 Å². The van der Waals surface area contributed by atoms with Crippen LogP contribution in [-0.4, -0.2) is 29.2 Å². The molecule has 1 atom stereocenters. The van der Waals surface area contributed by atoms with Crippen molar-refractivity contribution in [3.8, 4) is 0 Å². The van der Waals surface area contributed by atoms with Crippen LogP contribution in [0.15, 0.2) is 27.7 Å². The molecule has 0 saturated carbocycles. The maximum absolute atomic E-state index is 12.6. The SMILES string of the molecule is CC(C)CN1C(=O)c2ccc(Br)cc2C1CC(=O)N=C(N)N. The van der Waals surface area contributed by atoms with Crippen LogP contribution in [0.4, 0.5) is 0 Å². The zero-order valence-electron chi connectivity index (χ0n) is 12.5. The van der Waals surface area contributed by atoms with Crippen LogP contribution in [0.3, 0.4) is 0 Å². The van der Waals surface area contributed by atoms with Crippen LogP contribution in [0.5, 0.6) is 0 Å². The van der Waals surface area contributed by atoms with Gasteiger partial charge >= 0.3 is 0 Å². The van der Waals surface area contributed by atoms with Crippen LogP contribution in [0.2, 0.25) is 0 Å².